The van der Waals surface area contributed by atoms with Gasteiger partial charge in [-0.2, -0.15) is 0 Å². The molecule has 0 aliphatic carbocycles. The van der Waals surface area contributed by atoms with Crippen molar-refractivity contribution in [2.45, 2.75) is 45.7 Å². The summed E-state index contributed by atoms with van der Waals surface area (Å²) < 4.78 is 33.4. The Bertz CT molecular complexity index is 1380. The lowest BCUT2D eigenvalue weighted by Gasteiger charge is -2.32. The van der Waals surface area contributed by atoms with E-state index in [1.54, 1.807) is 29.2 Å². The van der Waals surface area contributed by atoms with Crippen molar-refractivity contribution >= 4 is 43.5 Å². The molecule has 10 heteroatoms. The van der Waals surface area contributed by atoms with Crippen molar-refractivity contribution in [1.29, 1.82) is 0 Å². The van der Waals surface area contributed by atoms with Crippen LogP contribution in [-0.2, 0) is 32.6 Å². The Kier molecular flexibility index (Phi) is 12.2. The summed E-state index contributed by atoms with van der Waals surface area (Å²) in [6.45, 7) is 4.84. The van der Waals surface area contributed by atoms with E-state index in [1.165, 1.54) is 4.31 Å². The predicted octanol–water partition coefficient (Wildman–Crippen LogP) is 5.17. The third-order valence-corrected chi connectivity index (χ3v) is 8.18. The normalized spacial score (nSPS) is 11.9. The van der Waals surface area contributed by atoms with E-state index in [0.29, 0.717) is 31.0 Å². The summed E-state index contributed by atoms with van der Waals surface area (Å²) in [7, 11) is -3.65. The van der Waals surface area contributed by atoms with Crippen molar-refractivity contribution in [3.8, 4) is 5.75 Å². The molecule has 0 unspecified atom stereocenters. The van der Waals surface area contributed by atoms with E-state index in [0.717, 1.165) is 21.9 Å². The highest BCUT2D eigenvalue weighted by Crippen LogP contribution is 2.30. The molecule has 0 saturated heterocycles. The minimum atomic E-state index is -3.65. The fraction of sp³-hybridized carbons (Fsp3) is 0.355. The van der Waals surface area contributed by atoms with Crippen molar-refractivity contribution in [3.63, 3.8) is 0 Å². The van der Waals surface area contributed by atoms with Gasteiger partial charge in [-0.1, -0.05) is 70.5 Å². The molecule has 0 aromatic heterocycles. The Morgan fingerprint density at radius 3 is 2.22 bits per heavy atom. The summed E-state index contributed by atoms with van der Waals surface area (Å²) in [5.74, 6) is -0.000329. The van der Waals surface area contributed by atoms with E-state index in [1.807, 2.05) is 68.4 Å². The molecule has 0 aliphatic rings. The first-order chi connectivity index (χ1) is 19.6. The number of carbonyl (C=O) groups excluding carboxylic acids is 2. The molecule has 0 aliphatic heterocycles. The zero-order chi connectivity index (χ0) is 29.8. The van der Waals surface area contributed by atoms with Crippen LogP contribution >= 0.6 is 15.9 Å². The molecule has 0 fully saturated rings. The van der Waals surface area contributed by atoms with Crippen LogP contribution in [0.4, 0.5) is 5.69 Å². The molecule has 2 amide bonds. The van der Waals surface area contributed by atoms with E-state index in [-0.39, 0.29) is 37.7 Å². The molecule has 0 bridgehead atoms. The third-order valence-electron chi connectivity index (χ3n) is 6.47. The van der Waals surface area contributed by atoms with Gasteiger partial charge in [-0.25, -0.2) is 8.42 Å². The standard InChI is InChI=1S/C31H38BrN3O5S/c1-4-33-31(37)28(22-24-12-7-6-8-13-24)34(23-25-17-19-26(32)20-18-25)30(36)16-11-21-35(41(3,38)39)27-14-9-10-15-29(27)40-5-2/h6-10,12-15,17-20,28H,4-5,11,16,21-23H2,1-3H3,(H,33,37)/t28-/m0/s1. The van der Waals surface area contributed by atoms with Gasteiger partial charge in [0.15, 0.2) is 0 Å². The maximum absolute atomic E-state index is 13.8. The van der Waals surface area contributed by atoms with Crippen LogP contribution in [0.15, 0.2) is 83.3 Å². The molecule has 41 heavy (non-hydrogen) atoms. The summed E-state index contributed by atoms with van der Waals surface area (Å²) in [5.41, 5.74) is 2.25. The second-order valence-corrected chi connectivity index (χ2v) is 12.4. The smallest absolute Gasteiger partial charge is 0.243 e. The van der Waals surface area contributed by atoms with Crippen molar-refractivity contribution in [1.82, 2.24) is 10.2 Å². The summed E-state index contributed by atoms with van der Waals surface area (Å²) in [5, 5.41) is 2.89. The molecule has 3 aromatic rings. The largest absolute Gasteiger partial charge is 0.492 e. The zero-order valence-electron chi connectivity index (χ0n) is 23.8. The Hall–Kier alpha value is -3.37. The average Bonchev–Trinajstić information content (AvgIpc) is 2.94. The van der Waals surface area contributed by atoms with Gasteiger partial charge in [0, 0.05) is 36.9 Å². The number of hydrogen-bond acceptors (Lipinski definition) is 5. The van der Waals surface area contributed by atoms with E-state index in [9.17, 15) is 18.0 Å². The number of nitrogens with one attached hydrogen (secondary N) is 1. The number of amides is 2. The van der Waals surface area contributed by atoms with Crippen molar-refractivity contribution < 1.29 is 22.7 Å². The summed E-state index contributed by atoms with van der Waals surface area (Å²) in [6.07, 6.45) is 1.81. The lowest BCUT2D eigenvalue weighted by Crippen LogP contribution is -2.50. The predicted molar refractivity (Wildman–Crippen MR) is 166 cm³/mol. The first kappa shape index (κ1) is 32.1. The van der Waals surface area contributed by atoms with Gasteiger partial charge in [0.05, 0.1) is 18.6 Å². The Morgan fingerprint density at radius 2 is 1.59 bits per heavy atom. The fourth-order valence-corrected chi connectivity index (χ4v) is 5.79. The van der Waals surface area contributed by atoms with Gasteiger partial charge in [0.25, 0.3) is 0 Å². The van der Waals surface area contributed by atoms with E-state index < -0.39 is 16.1 Å². The number of anilines is 1. The highest BCUT2D eigenvalue weighted by Gasteiger charge is 2.30. The lowest BCUT2D eigenvalue weighted by molar-refractivity contribution is -0.141. The van der Waals surface area contributed by atoms with Crippen LogP contribution in [0, 0.1) is 0 Å². The van der Waals surface area contributed by atoms with Crippen LogP contribution in [0.1, 0.15) is 37.8 Å². The van der Waals surface area contributed by atoms with Crippen molar-refractivity contribution in [3.05, 3.63) is 94.5 Å². The average molecular weight is 645 g/mol. The molecule has 0 radical (unpaired) electrons. The first-order valence-electron chi connectivity index (χ1n) is 13.7. The minimum absolute atomic E-state index is 0.0596. The van der Waals surface area contributed by atoms with Crippen LogP contribution in [0.2, 0.25) is 0 Å². The van der Waals surface area contributed by atoms with Crippen LogP contribution in [0.25, 0.3) is 0 Å². The van der Waals surface area contributed by atoms with E-state index in [2.05, 4.69) is 21.2 Å². The van der Waals surface area contributed by atoms with Gasteiger partial charge < -0.3 is 15.0 Å². The second-order valence-electron chi connectivity index (χ2n) is 9.59. The topological polar surface area (TPSA) is 96.0 Å². The molecule has 1 N–H and O–H groups in total. The number of rotatable bonds is 15. The summed E-state index contributed by atoms with van der Waals surface area (Å²) in [6, 6.07) is 23.4. The van der Waals surface area contributed by atoms with E-state index >= 15 is 0 Å². The van der Waals surface area contributed by atoms with Gasteiger partial charge in [-0.15, -0.1) is 0 Å². The fourth-order valence-electron chi connectivity index (χ4n) is 4.56. The number of para-hydroxylation sites is 2. The Balaban J connectivity index is 1.87. The monoisotopic (exact) mass is 643 g/mol. The van der Waals surface area contributed by atoms with Gasteiger partial charge in [0.1, 0.15) is 11.8 Å². The molecule has 8 nitrogen and oxygen atoms in total. The molecule has 1 atom stereocenters. The van der Waals surface area contributed by atoms with Crippen LogP contribution in [0.5, 0.6) is 5.75 Å². The van der Waals surface area contributed by atoms with Gasteiger partial charge in [-0.05, 0) is 55.7 Å². The van der Waals surface area contributed by atoms with Crippen LogP contribution in [-0.4, -0.2) is 57.1 Å². The molecule has 220 valence electrons. The van der Waals surface area contributed by atoms with Gasteiger partial charge >= 0.3 is 0 Å². The Labute approximate surface area is 251 Å². The highest BCUT2D eigenvalue weighted by molar-refractivity contribution is 9.10. The molecular weight excluding hydrogens is 606 g/mol. The highest BCUT2D eigenvalue weighted by atomic mass is 79.9. The molecular formula is C31H38BrN3O5S. The number of likely N-dealkylation sites (N-methyl/N-ethyl adjacent to an activating group) is 1. The molecule has 0 heterocycles. The van der Waals surface area contributed by atoms with Gasteiger partial charge in [-0.3, -0.25) is 13.9 Å². The molecule has 3 aromatic carbocycles. The van der Waals surface area contributed by atoms with Crippen LogP contribution < -0.4 is 14.4 Å². The second kappa shape index (κ2) is 15.6. The maximum atomic E-state index is 13.8. The summed E-state index contributed by atoms with van der Waals surface area (Å²) >= 11 is 3.45. The first-order valence-corrected chi connectivity index (χ1v) is 16.3. The third kappa shape index (κ3) is 9.60. The Morgan fingerprint density at radius 1 is 0.927 bits per heavy atom. The maximum Gasteiger partial charge on any atom is 0.243 e. The number of carbonyl (C=O) groups is 2. The number of benzene rings is 3. The van der Waals surface area contributed by atoms with Crippen LogP contribution in [0.3, 0.4) is 0 Å². The van der Waals surface area contributed by atoms with E-state index in [4.69, 9.17) is 4.74 Å². The van der Waals surface area contributed by atoms with Gasteiger partial charge in [0.2, 0.25) is 21.8 Å². The molecule has 0 saturated carbocycles. The molecule has 3 rings (SSSR count). The number of halogens is 1. The summed E-state index contributed by atoms with van der Waals surface area (Å²) in [4.78, 5) is 28.8. The lowest BCUT2D eigenvalue weighted by atomic mass is 10.0. The zero-order valence-corrected chi connectivity index (χ0v) is 26.2. The minimum Gasteiger partial charge on any atom is -0.492 e. The number of hydrogen-bond donors (Lipinski definition) is 1. The van der Waals surface area contributed by atoms with Crippen molar-refractivity contribution in [2.75, 3.05) is 30.3 Å². The quantitative estimate of drug-likeness (QED) is 0.247. The number of ether oxygens (including phenoxy) is 1. The number of nitrogens with zero attached hydrogens (tertiary/aromatic N) is 2. The van der Waals surface area contributed by atoms with Crippen molar-refractivity contribution in [2.24, 2.45) is 0 Å². The number of sulfonamides is 1. The molecule has 0 spiro atoms. The SMILES string of the molecule is CCNC(=O)[C@H](Cc1ccccc1)N(Cc1ccc(Br)cc1)C(=O)CCCN(c1ccccc1OCC)S(C)(=O)=O.